The molecule has 0 aliphatic heterocycles. The van der Waals surface area contributed by atoms with Gasteiger partial charge >= 0.3 is 0 Å². The quantitative estimate of drug-likeness (QED) is 0.908. The Morgan fingerprint density at radius 3 is 2.13 bits per heavy atom. The fourth-order valence-electron chi connectivity index (χ4n) is 5.21. The standard InChI is InChI=1S/C19H25NO3/c1-22-16-2-4-17(5-3-16)23-11-18(21)20-19-14-7-12-6-13(9-14)10-15(19)8-12/h2-5,12-15,19H,6-11H2,1H3,(H,20,21). The number of carbonyl (C=O) groups is 1. The van der Waals surface area contributed by atoms with Crippen molar-refractivity contribution in [3.05, 3.63) is 24.3 Å². The van der Waals surface area contributed by atoms with Crippen molar-refractivity contribution < 1.29 is 14.3 Å². The van der Waals surface area contributed by atoms with E-state index in [2.05, 4.69) is 5.32 Å². The van der Waals surface area contributed by atoms with Crippen molar-refractivity contribution in [3.63, 3.8) is 0 Å². The largest absolute Gasteiger partial charge is 0.497 e. The Kier molecular flexibility index (Phi) is 3.92. The fourth-order valence-corrected chi connectivity index (χ4v) is 5.21. The average molecular weight is 315 g/mol. The molecular formula is C19H25NO3. The van der Waals surface area contributed by atoms with Crippen LogP contribution < -0.4 is 14.8 Å². The van der Waals surface area contributed by atoms with Crippen molar-refractivity contribution in [2.45, 2.75) is 38.1 Å². The summed E-state index contributed by atoms with van der Waals surface area (Å²) in [7, 11) is 1.63. The Morgan fingerprint density at radius 2 is 1.57 bits per heavy atom. The second kappa shape index (κ2) is 6.06. The summed E-state index contributed by atoms with van der Waals surface area (Å²) in [6, 6.07) is 7.72. The minimum absolute atomic E-state index is 0.0123. The summed E-state index contributed by atoms with van der Waals surface area (Å²) in [6.07, 6.45) is 6.71. The van der Waals surface area contributed by atoms with Gasteiger partial charge in [0.25, 0.3) is 5.91 Å². The Labute approximate surface area is 137 Å². The topological polar surface area (TPSA) is 47.6 Å². The number of methoxy groups -OCH3 is 1. The van der Waals surface area contributed by atoms with Gasteiger partial charge in [0.1, 0.15) is 11.5 Å². The molecule has 0 heterocycles. The molecule has 0 radical (unpaired) electrons. The minimum Gasteiger partial charge on any atom is -0.497 e. The second-order valence-electron chi connectivity index (χ2n) is 7.49. The summed E-state index contributed by atoms with van der Waals surface area (Å²) in [5.74, 6) is 4.77. The molecule has 1 amide bonds. The molecule has 4 aliphatic rings. The lowest BCUT2D eigenvalue weighted by Gasteiger charge is -2.54. The predicted octanol–water partition coefficient (Wildman–Crippen LogP) is 3.01. The molecular weight excluding hydrogens is 290 g/mol. The zero-order chi connectivity index (χ0) is 15.8. The highest BCUT2D eigenvalue weighted by Gasteiger charge is 2.48. The van der Waals surface area contributed by atoms with E-state index < -0.39 is 0 Å². The minimum atomic E-state index is 0.0123. The molecule has 4 saturated carbocycles. The number of ether oxygens (including phenoxy) is 2. The summed E-state index contributed by atoms with van der Waals surface area (Å²) >= 11 is 0. The summed E-state index contributed by atoms with van der Waals surface area (Å²) in [6.45, 7) is 0.0924. The van der Waals surface area contributed by atoms with Gasteiger partial charge in [0.15, 0.2) is 6.61 Å². The van der Waals surface area contributed by atoms with Gasteiger partial charge in [-0.05, 0) is 80.0 Å². The first-order chi connectivity index (χ1) is 11.2. The molecule has 5 rings (SSSR count). The third-order valence-electron chi connectivity index (χ3n) is 5.98. The molecule has 4 bridgehead atoms. The van der Waals surface area contributed by atoms with E-state index in [0.717, 1.165) is 17.6 Å². The van der Waals surface area contributed by atoms with Crippen LogP contribution in [0.25, 0.3) is 0 Å². The zero-order valence-corrected chi connectivity index (χ0v) is 13.7. The number of hydrogen-bond acceptors (Lipinski definition) is 3. The van der Waals surface area contributed by atoms with Gasteiger partial charge in [-0.25, -0.2) is 0 Å². The summed E-state index contributed by atoms with van der Waals surface area (Å²) < 4.78 is 10.7. The number of benzene rings is 1. The van der Waals surface area contributed by atoms with E-state index in [9.17, 15) is 4.79 Å². The Hall–Kier alpha value is -1.71. The van der Waals surface area contributed by atoms with Crippen LogP contribution in [-0.4, -0.2) is 25.7 Å². The third-order valence-corrected chi connectivity index (χ3v) is 5.98. The molecule has 0 aromatic heterocycles. The Bertz CT molecular complexity index is 540. The van der Waals surface area contributed by atoms with Crippen molar-refractivity contribution >= 4 is 5.91 Å². The molecule has 0 spiro atoms. The van der Waals surface area contributed by atoms with Gasteiger partial charge in [0.2, 0.25) is 0 Å². The van der Waals surface area contributed by atoms with Crippen molar-refractivity contribution in [1.82, 2.24) is 5.32 Å². The van der Waals surface area contributed by atoms with Crippen LogP contribution in [0.4, 0.5) is 0 Å². The van der Waals surface area contributed by atoms with E-state index in [1.54, 1.807) is 7.11 Å². The van der Waals surface area contributed by atoms with E-state index in [0.29, 0.717) is 23.6 Å². The predicted molar refractivity (Wildman–Crippen MR) is 87.5 cm³/mol. The lowest BCUT2D eigenvalue weighted by Crippen LogP contribution is -2.56. The summed E-state index contributed by atoms with van der Waals surface area (Å²) in [4.78, 5) is 12.3. The van der Waals surface area contributed by atoms with Crippen LogP contribution in [0.1, 0.15) is 32.1 Å². The molecule has 4 nitrogen and oxygen atoms in total. The van der Waals surface area contributed by atoms with Crippen molar-refractivity contribution in [3.8, 4) is 11.5 Å². The smallest absolute Gasteiger partial charge is 0.258 e. The Balaban J connectivity index is 1.30. The molecule has 1 aromatic carbocycles. The van der Waals surface area contributed by atoms with Crippen molar-refractivity contribution in [1.29, 1.82) is 0 Å². The molecule has 4 heteroatoms. The molecule has 4 fully saturated rings. The van der Waals surface area contributed by atoms with Gasteiger partial charge in [-0.15, -0.1) is 0 Å². The lowest BCUT2D eigenvalue weighted by molar-refractivity contribution is -0.127. The molecule has 0 atom stereocenters. The van der Waals surface area contributed by atoms with Crippen molar-refractivity contribution in [2.75, 3.05) is 13.7 Å². The van der Waals surface area contributed by atoms with Crippen LogP contribution in [0, 0.1) is 23.7 Å². The maximum absolute atomic E-state index is 12.3. The number of carbonyl (C=O) groups excluding carboxylic acids is 1. The van der Waals surface area contributed by atoms with Crippen LogP contribution in [-0.2, 0) is 4.79 Å². The summed E-state index contributed by atoms with van der Waals surface area (Å²) in [5.41, 5.74) is 0. The number of hydrogen-bond donors (Lipinski definition) is 1. The molecule has 0 saturated heterocycles. The number of nitrogens with one attached hydrogen (secondary N) is 1. The molecule has 0 unspecified atom stereocenters. The molecule has 124 valence electrons. The SMILES string of the molecule is COc1ccc(OCC(=O)NC2C3CC4CC(C3)CC2C4)cc1. The van der Waals surface area contributed by atoms with Crippen LogP contribution >= 0.6 is 0 Å². The van der Waals surface area contributed by atoms with Gasteiger partial charge in [-0.2, -0.15) is 0 Å². The Morgan fingerprint density at radius 1 is 1.00 bits per heavy atom. The van der Waals surface area contributed by atoms with Gasteiger partial charge in [0, 0.05) is 6.04 Å². The van der Waals surface area contributed by atoms with Gasteiger partial charge in [0.05, 0.1) is 7.11 Å². The van der Waals surface area contributed by atoms with E-state index in [1.165, 1.54) is 32.1 Å². The van der Waals surface area contributed by atoms with Crippen LogP contribution in [0.5, 0.6) is 11.5 Å². The van der Waals surface area contributed by atoms with Gasteiger partial charge < -0.3 is 14.8 Å². The normalized spacial score (nSPS) is 34.2. The first-order valence-corrected chi connectivity index (χ1v) is 8.77. The summed E-state index contributed by atoms with van der Waals surface area (Å²) in [5, 5.41) is 3.27. The second-order valence-corrected chi connectivity index (χ2v) is 7.49. The van der Waals surface area contributed by atoms with Gasteiger partial charge in [-0.3, -0.25) is 4.79 Å². The third kappa shape index (κ3) is 3.04. The molecule has 4 aliphatic carbocycles. The van der Waals surface area contributed by atoms with Crippen LogP contribution in [0.3, 0.4) is 0 Å². The highest BCUT2D eigenvalue weighted by molar-refractivity contribution is 5.78. The molecule has 1 N–H and O–H groups in total. The zero-order valence-electron chi connectivity index (χ0n) is 13.7. The number of rotatable bonds is 5. The van der Waals surface area contributed by atoms with Crippen molar-refractivity contribution in [2.24, 2.45) is 23.7 Å². The van der Waals surface area contributed by atoms with E-state index in [-0.39, 0.29) is 12.5 Å². The van der Waals surface area contributed by atoms with Crippen LogP contribution in [0.15, 0.2) is 24.3 Å². The maximum Gasteiger partial charge on any atom is 0.258 e. The van der Waals surface area contributed by atoms with E-state index in [1.807, 2.05) is 24.3 Å². The van der Waals surface area contributed by atoms with E-state index >= 15 is 0 Å². The maximum atomic E-state index is 12.3. The van der Waals surface area contributed by atoms with Crippen LogP contribution in [0.2, 0.25) is 0 Å². The van der Waals surface area contributed by atoms with E-state index in [4.69, 9.17) is 9.47 Å². The number of amides is 1. The first kappa shape index (κ1) is 14.9. The first-order valence-electron chi connectivity index (χ1n) is 8.77. The molecule has 1 aromatic rings. The lowest BCUT2D eigenvalue weighted by atomic mass is 9.54. The highest BCUT2D eigenvalue weighted by atomic mass is 16.5. The average Bonchev–Trinajstić information content (AvgIpc) is 2.56. The van der Waals surface area contributed by atoms with Gasteiger partial charge in [-0.1, -0.05) is 0 Å². The monoisotopic (exact) mass is 315 g/mol. The fraction of sp³-hybridized carbons (Fsp3) is 0.632. The molecule has 23 heavy (non-hydrogen) atoms. The highest BCUT2D eigenvalue weighted by Crippen LogP contribution is 2.53.